The van der Waals surface area contributed by atoms with Gasteiger partial charge in [0.1, 0.15) is 5.57 Å². The number of carboxylic acid groups (broad SMARTS) is 1. The summed E-state index contributed by atoms with van der Waals surface area (Å²) in [5.74, 6) is -4.63. The molecule has 0 amide bonds. The van der Waals surface area contributed by atoms with Gasteiger partial charge in [-0.1, -0.05) is 19.7 Å². The van der Waals surface area contributed by atoms with Crippen molar-refractivity contribution >= 4 is 23.3 Å². The number of hydrogen-bond acceptors (Lipinski definition) is 8. The third-order valence-electron chi connectivity index (χ3n) is 3.10. The summed E-state index contributed by atoms with van der Waals surface area (Å²) in [6.45, 7) is 7.72. The van der Waals surface area contributed by atoms with Gasteiger partial charge in [0.05, 0.1) is 37.4 Å². The highest BCUT2D eigenvalue weighted by Gasteiger charge is 2.27. The number of aliphatic carboxylic acids is 1. The molecule has 0 atom stereocenters. The van der Waals surface area contributed by atoms with Crippen molar-refractivity contribution in [3.8, 4) is 0 Å². The van der Waals surface area contributed by atoms with E-state index in [1.54, 1.807) is 0 Å². The van der Waals surface area contributed by atoms with E-state index in [4.69, 9.17) is 25.5 Å². The summed E-state index contributed by atoms with van der Waals surface area (Å²) in [6, 6.07) is 0. The number of hydrogen-bond donors (Lipinski definition) is 5. The van der Waals surface area contributed by atoms with Gasteiger partial charge < -0.3 is 25.5 Å². The second-order valence-electron chi connectivity index (χ2n) is 4.89. The lowest BCUT2D eigenvalue weighted by molar-refractivity contribution is -0.135. The van der Waals surface area contributed by atoms with Crippen LogP contribution in [0.1, 0.15) is 0 Å². The van der Waals surface area contributed by atoms with Crippen molar-refractivity contribution in [1.82, 2.24) is 0 Å². The summed E-state index contributed by atoms with van der Waals surface area (Å²) in [5, 5.41) is 42.8. The molecule has 0 aromatic rings. The van der Waals surface area contributed by atoms with Gasteiger partial charge in [-0.15, -0.1) is 0 Å². The summed E-state index contributed by atoms with van der Waals surface area (Å²) in [5.41, 5.74) is -2.82. The van der Waals surface area contributed by atoms with E-state index < -0.39 is 66.3 Å². The molecule has 9 heteroatoms. The highest BCUT2D eigenvalue weighted by atomic mass is 16.4. The number of rotatable bonds is 11. The lowest BCUT2D eigenvalue weighted by atomic mass is 9.93. The molecule has 0 aliphatic carbocycles. The highest BCUT2D eigenvalue weighted by molar-refractivity contribution is 6.36. The summed E-state index contributed by atoms with van der Waals surface area (Å²) in [4.78, 5) is 45.0. The summed E-state index contributed by atoms with van der Waals surface area (Å²) in [6.07, 6.45) is 2.20. The largest absolute Gasteiger partial charge is 0.478 e. The van der Waals surface area contributed by atoms with Gasteiger partial charge in [0.25, 0.3) is 0 Å². The minimum Gasteiger partial charge on any atom is -0.478 e. The van der Waals surface area contributed by atoms with E-state index in [1.807, 2.05) is 0 Å². The van der Waals surface area contributed by atoms with E-state index in [1.165, 1.54) is 0 Å². The Balaban J connectivity index is 0. The Hall–Kier alpha value is -2.72. The maximum absolute atomic E-state index is 11.4. The first kappa shape index (κ1) is 25.5. The average molecular weight is 370 g/mol. The number of aliphatic hydroxyl groups excluding tert-OH is 4. The quantitative estimate of drug-likeness (QED) is 0.166. The fourth-order valence-electron chi connectivity index (χ4n) is 1.31. The molecule has 26 heavy (non-hydrogen) atoms. The fourth-order valence-corrected chi connectivity index (χ4v) is 1.31. The molecular weight excluding hydrogens is 348 g/mol. The van der Waals surface area contributed by atoms with Gasteiger partial charge >= 0.3 is 5.97 Å². The number of carbonyl (C=O) groups excluding carboxylic acids is 3. The van der Waals surface area contributed by atoms with Gasteiger partial charge in [-0.3, -0.25) is 14.4 Å². The van der Waals surface area contributed by atoms with E-state index in [2.05, 4.69) is 19.7 Å². The number of carbonyl (C=O) groups is 4. The number of allylic oxidation sites excluding steroid dienone is 4. The van der Waals surface area contributed by atoms with Gasteiger partial charge in [0.15, 0.2) is 17.3 Å². The minimum absolute atomic E-state index is 0.406. The zero-order valence-corrected chi connectivity index (χ0v) is 14.1. The average Bonchev–Trinajstić information content (AvgIpc) is 2.66. The Morgan fingerprint density at radius 3 is 1.08 bits per heavy atom. The van der Waals surface area contributed by atoms with E-state index in [0.29, 0.717) is 6.08 Å². The monoisotopic (exact) mass is 370 g/mol. The molecule has 0 fully saturated rings. The lowest BCUT2D eigenvalue weighted by Gasteiger charge is -2.23. The maximum atomic E-state index is 11.4. The van der Waals surface area contributed by atoms with Crippen molar-refractivity contribution in [3.63, 3.8) is 0 Å². The second-order valence-corrected chi connectivity index (χ2v) is 4.89. The zero-order valence-electron chi connectivity index (χ0n) is 14.1. The number of carboxylic acids is 1. The second kappa shape index (κ2) is 12.6. The molecule has 0 heterocycles. The smallest absolute Gasteiger partial charge is 0.340 e. The first-order valence-electron chi connectivity index (χ1n) is 7.06. The van der Waals surface area contributed by atoms with Crippen molar-refractivity contribution in [2.45, 2.75) is 0 Å². The van der Waals surface area contributed by atoms with Crippen molar-refractivity contribution in [2.24, 2.45) is 5.41 Å². The molecule has 0 aliphatic rings. The van der Waals surface area contributed by atoms with Crippen LogP contribution < -0.4 is 0 Å². The highest BCUT2D eigenvalue weighted by Crippen LogP contribution is 2.12. The Kier molecular flexibility index (Phi) is 12.4. The van der Waals surface area contributed by atoms with Crippen LogP contribution in [0.25, 0.3) is 0 Å². The van der Waals surface area contributed by atoms with Crippen LogP contribution >= 0.6 is 0 Å². The Morgan fingerprint density at radius 2 is 0.923 bits per heavy atom. The molecule has 0 aromatic carbocycles. The fraction of sp³-hybridized carbons (Fsp3) is 0.294. The van der Waals surface area contributed by atoms with Crippen LogP contribution in [0, 0.1) is 5.41 Å². The third kappa shape index (κ3) is 7.03. The van der Waals surface area contributed by atoms with E-state index >= 15 is 0 Å². The molecule has 0 saturated heterocycles. The van der Waals surface area contributed by atoms with Crippen LogP contribution in [-0.4, -0.2) is 75.3 Å². The van der Waals surface area contributed by atoms with Crippen LogP contribution in [0.4, 0.5) is 0 Å². The van der Waals surface area contributed by atoms with Gasteiger partial charge in [-0.25, -0.2) is 4.79 Å². The van der Waals surface area contributed by atoms with Crippen LogP contribution in [0.5, 0.6) is 0 Å². The Labute approximate surface area is 149 Å². The van der Waals surface area contributed by atoms with Crippen molar-refractivity contribution in [1.29, 1.82) is 0 Å². The van der Waals surface area contributed by atoms with Crippen molar-refractivity contribution in [2.75, 3.05) is 26.4 Å². The maximum Gasteiger partial charge on any atom is 0.340 e. The predicted octanol–water partition coefficient (Wildman–Crippen LogP) is -1.43. The van der Waals surface area contributed by atoms with E-state index in [9.17, 15) is 19.2 Å². The van der Waals surface area contributed by atoms with E-state index in [-0.39, 0.29) is 0 Å². The Bertz CT molecular complexity index is 570. The minimum atomic E-state index is -1.68. The van der Waals surface area contributed by atoms with Crippen LogP contribution in [0.15, 0.2) is 49.1 Å². The standard InChI is InChI=1S/C12H10O5.C5H12O4/c1-4-7(13)10(8(14)5-2)11(12(16)17)9(15)6-3;6-1-5(2-7,3-8)4-9/h4-6H,1-3H2,(H,16,17);6-9H,1-4H2. The van der Waals surface area contributed by atoms with Crippen molar-refractivity contribution in [3.05, 3.63) is 49.1 Å². The number of ketones is 3. The summed E-state index contributed by atoms with van der Waals surface area (Å²) >= 11 is 0. The van der Waals surface area contributed by atoms with Crippen LogP contribution in [0.3, 0.4) is 0 Å². The van der Waals surface area contributed by atoms with Gasteiger partial charge in [0, 0.05) is 0 Å². The third-order valence-corrected chi connectivity index (χ3v) is 3.10. The zero-order chi connectivity index (χ0) is 20.9. The SMILES string of the molecule is C=CC(=O)C(C(=O)O)=C(C(=O)C=C)C(=O)C=C.OCC(CO)(CO)CO. The molecule has 0 spiro atoms. The molecule has 144 valence electrons. The van der Waals surface area contributed by atoms with Gasteiger partial charge in [-0.2, -0.15) is 0 Å². The molecule has 0 saturated carbocycles. The molecular formula is C17H22O9. The van der Waals surface area contributed by atoms with Crippen LogP contribution in [0.2, 0.25) is 0 Å². The molecule has 0 bridgehead atoms. The Morgan fingerprint density at radius 1 is 0.654 bits per heavy atom. The molecule has 9 nitrogen and oxygen atoms in total. The van der Waals surface area contributed by atoms with Crippen molar-refractivity contribution < 1.29 is 44.7 Å². The van der Waals surface area contributed by atoms with E-state index in [0.717, 1.165) is 12.2 Å². The number of aliphatic hydroxyl groups is 4. The van der Waals surface area contributed by atoms with Crippen LogP contribution in [-0.2, 0) is 19.2 Å². The first-order valence-corrected chi connectivity index (χ1v) is 7.06. The summed E-state index contributed by atoms with van der Waals surface area (Å²) < 4.78 is 0. The summed E-state index contributed by atoms with van der Waals surface area (Å²) in [7, 11) is 0. The molecule has 0 radical (unpaired) electrons. The topological polar surface area (TPSA) is 169 Å². The molecule has 0 aliphatic heterocycles. The first-order chi connectivity index (χ1) is 12.1. The normalized spacial score (nSPS) is 9.85. The predicted molar refractivity (Wildman–Crippen MR) is 91.1 cm³/mol. The molecule has 5 N–H and O–H groups in total. The molecule has 0 aromatic heterocycles. The van der Waals surface area contributed by atoms with Gasteiger partial charge in [-0.05, 0) is 18.2 Å². The molecule has 0 unspecified atom stereocenters. The van der Waals surface area contributed by atoms with Gasteiger partial charge in [0.2, 0.25) is 0 Å². The molecule has 0 rings (SSSR count). The lowest BCUT2D eigenvalue weighted by Crippen LogP contribution is -2.37.